The van der Waals surface area contributed by atoms with Crippen molar-refractivity contribution in [2.75, 3.05) is 0 Å². The molecule has 2 aromatic rings. The van der Waals surface area contributed by atoms with Crippen LogP contribution in [-0.4, -0.2) is 20.9 Å². The summed E-state index contributed by atoms with van der Waals surface area (Å²) in [6.07, 6.45) is 2.05. The van der Waals surface area contributed by atoms with Gasteiger partial charge in [0.2, 0.25) is 0 Å². The van der Waals surface area contributed by atoms with Crippen molar-refractivity contribution in [3.05, 3.63) is 46.8 Å². The van der Waals surface area contributed by atoms with Crippen LogP contribution < -0.4 is 0 Å². The molecule has 18 heavy (non-hydrogen) atoms. The van der Waals surface area contributed by atoms with Gasteiger partial charge in [-0.2, -0.15) is 5.10 Å². The summed E-state index contributed by atoms with van der Waals surface area (Å²) in [6.45, 7) is 6.01. The Bertz CT molecular complexity index is 600. The minimum absolute atomic E-state index is 0.274. The van der Waals surface area contributed by atoms with Crippen molar-refractivity contribution in [2.45, 2.75) is 27.2 Å². The van der Waals surface area contributed by atoms with E-state index in [0.29, 0.717) is 6.42 Å². The van der Waals surface area contributed by atoms with Crippen molar-refractivity contribution in [1.82, 2.24) is 9.78 Å². The van der Waals surface area contributed by atoms with Crippen LogP contribution in [0.3, 0.4) is 0 Å². The van der Waals surface area contributed by atoms with E-state index in [2.05, 4.69) is 5.10 Å². The lowest BCUT2D eigenvalue weighted by Gasteiger charge is -2.09. The molecular formula is C14H16N2O2. The number of nitrogens with zero attached hydrogens (tertiary/aromatic N) is 2. The van der Waals surface area contributed by atoms with Gasteiger partial charge in [0.15, 0.2) is 0 Å². The summed E-state index contributed by atoms with van der Waals surface area (Å²) in [6, 6.07) is 6.00. The zero-order valence-corrected chi connectivity index (χ0v) is 10.8. The highest BCUT2D eigenvalue weighted by Gasteiger charge is 2.16. The Morgan fingerprint density at radius 2 is 2.06 bits per heavy atom. The summed E-state index contributed by atoms with van der Waals surface area (Å²) in [5, 5.41) is 13.3. The van der Waals surface area contributed by atoms with Crippen LogP contribution in [0.15, 0.2) is 24.4 Å². The molecule has 1 aromatic carbocycles. The van der Waals surface area contributed by atoms with Gasteiger partial charge in [-0.15, -0.1) is 0 Å². The van der Waals surface area contributed by atoms with E-state index in [1.807, 2.05) is 39.0 Å². The first-order valence-corrected chi connectivity index (χ1v) is 5.92. The minimum atomic E-state index is -0.929. The second-order valence-electron chi connectivity index (χ2n) is 4.34. The van der Waals surface area contributed by atoms with Gasteiger partial charge >= 0.3 is 5.97 Å². The average molecular weight is 244 g/mol. The maximum atomic E-state index is 11.1. The Morgan fingerprint density at radius 3 is 2.61 bits per heavy atom. The van der Waals surface area contributed by atoms with Gasteiger partial charge in [0.25, 0.3) is 0 Å². The monoisotopic (exact) mass is 244 g/mol. The van der Waals surface area contributed by atoms with Gasteiger partial charge in [-0.05, 0) is 43.5 Å². The molecule has 0 unspecified atom stereocenters. The van der Waals surface area contributed by atoms with Gasteiger partial charge in [0.1, 0.15) is 5.56 Å². The van der Waals surface area contributed by atoms with Crippen molar-refractivity contribution in [1.29, 1.82) is 0 Å². The van der Waals surface area contributed by atoms with E-state index in [1.54, 1.807) is 4.68 Å². The lowest BCUT2D eigenvalue weighted by atomic mass is 10.1. The Hall–Kier alpha value is -2.10. The van der Waals surface area contributed by atoms with Gasteiger partial charge in [0, 0.05) is 0 Å². The lowest BCUT2D eigenvalue weighted by molar-refractivity contribution is 0.0695. The molecule has 0 spiro atoms. The first kappa shape index (κ1) is 12.4. The van der Waals surface area contributed by atoms with E-state index in [9.17, 15) is 4.79 Å². The Kier molecular flexibility index (Phi) is 3.19. The Morgan fingerprint density at radius 1 is 1.33 bits per heavy atom. The predicted octanol–water partition coefficient (Wildman–Crippen LogP) is 2.75. The molecule has 0 aliphatic rings. The number of hydrogen-bond acceptors (Lipinski definition) is 2. The van der Waals surface area contributed by atoms with Crippen LogP contribution in [0.5, 0.6) is 0 Å². The van der Waals surface area contributed by atoms with Gasteiger partial charge in [0.05, 0.1) is 17.6 Å². The molecular weight excluding hydrogens is 228 g/mol. The third kappa shape index (κ3) is 2.01. The largest absolute Gasteiger partial charge is 0.478 e. The van der Waals surface area contributed by atoms with Crippen molar-refractivity contribution in [2.24, 2.45) is 0 Å². The molecule has 0 aliphatic carbocycles. The third-order valence-electron chi connectivity index (χ3n) is 3.17. The predicted molar refractivity (Wildman–Crippen MR) is 69.4 cm³/mol. The van der Waals surface area contributed by atoms with E-state index in [1.165, 1.54) is 17.3 Å². The summed E-state index contributed by atoms with van der Waals surface area (Å²) >= 11 is 0. The summed E-state index contributed by atoms with van der Waals surface area (Å²) in [5.41, 5.74) is 4.29. The number of carboxylic acid groups (broad SMARTS) is 1. The number of aryl methyl sites for hydroxylation is 2. The number of aromatic nitrogens is 2. The summed E-state index contributed by atoms with van der Waals surface area (Å²) in [7, 11) is 0. The van der Waals surface area contributed by atoms with Crippen LogP contribution in [0.25, 0.3) is 5.69 Å². The molecule has 1 heterocycles. The van der Waals surface area contributed by atoms with E-state index in [0.717, 1.165) is 11.4 Å². The fourth-order valence-electron chi connectivity index (χ4n) is 1.97. The second kappa shape index (κ2) is 4.64. The molecule has 0 saturated heterocycles. The van der Waals surface area contributed by atoms with Gasteiger partial charge in [-0.3, -0.25) is 0 Å². The van der Waals surface area contributed by atoms with Crippen LogP contribution in [0.1, 0.15) is 34.1 Å². The average Bonchev–Trinajstić information content (AvgIpc) is 2.76. The number of carboxylic acids is 1. The van der Waals surface area contributed by atoms with Crippen molar-refractivity contribution >= 4 is 5.97 Å². The highest BCUT2D eigenvalue weighted by atomic mass is 16.4. The van der Waals surface area contributed by atoms with E-state index in [4.69, 9.17) is 5.11 Å². The maximum Gasteiger partial charge on any atom is 0.339 e. The van der Waals surface area contributed by atoms with E-state index < -0.39 is 5.97 Å². The quantitative estimate of drug-likeness (QED) is 0.903. The standard InChI is InChI=1S/C14H16N2O2/c1-4-13-12(14(17)18)8-15-16(13)11-6-5-9(2)10(3)7-11/h5-8H,4H2,1-3H3,(H,17,18). The molecule has 0 radical (unpaired) electrons. The fourth-order valence-corrected chi connectivity index (χ4v) is 1.97. The maximum absolute atomic E-state index is 11.1. The zero-order chi connectivity index (χ0) is 13.3. The number of aromatic carboxylic acids is 1. The Balaban J connectivity index is 2.57. The molecule has 1 aromatic heterocycles. The van der Waals surface area contributed by atoms with Gasteiger partial charge in [-0.25, -0.2) is 9.48 Å². The van der Waals surface area contributed by atoms with Crippen LogP contribution in [-0.2, 0) is 6.42 Å². The molecule has 0 atom stereocenters. The normalized spacial score (nSPS) is 10.6. The number of carbonyl (C=O) groups is 1. The molecule has 0 aliphatic heterocycles. The van der Waals surface area contributed by atoms with Crippen LogP contribution in [0.4, 0.5) is 0 Å². The first-order chi connectivity index (χ1) is 8.54. The minimum Gasteiger partial charge on any atom is -0.478 e. The SMILES string of the molecule is CCc1c(C(=O)O)cnn1-c1ccc(C)c(C)c1. The molecule has 0 saturated carbocycles. The molecule has 0 bridgehead atoms. The first-order valence-electron chi connectivity index (χ1n) is 5.92. The molecule has 4 nitrogen and oxygen atoms in total. The second-order valence-corrected chi connectivity index (χ2v) is 4.34. The van der Waals surface area contributed by atoms with Crippen LogP contribution in [0, 0.1) is 13.8 Å². The van der Waals surface area contributed by atoms with E-state index >= 15 is 0 Å². The molecule has 1 N–H and O–H groups in total. The summed E-state index contributed by atoms with van der Waals surface area (Å²) in [5.74, 6) is -0.929. The molecule has 0 amide bonds. The van der Waals surface area contributed by atoms with Crippen molar-refractivity contribution in [3.63, 3.8) is 0 Å². The molecule has 94 valence electrons. The fraction of sp³-hybridized carbons (Fsp3) is 0.286. The highest BCUT2D eigenvalue weighted by Crippen LogP contribution is 2.18. The molecule has 0 fully saturated rings. The molecule has 2 rings (SSSR count). The lowest BCUT2D eigenvalue weighted by Crippen LogP contribution is -2.06. The smallest absolute Gasteiger partial charge is 0.339 e. The van der Waals surface area contributed by atoms with Crippen LogP contribution >= 0.6 is 0 Å². The summed E-state index contributed by atoms with van der Waals surface area (Å²) < 4.78 is 1.70. The van der Waals surface area contributed by atoms with Crippen molar-refractivity contribution in [3.8, 4) is 5.69 Å². The number of hydrogen-bond donors (Lipinski definition) is 1. The van der Waals surface area contributed by atoms with Crippen molar-refractivity contribution < 1.29 is 9.90 Å². The van der Waals surface area contributed by atoms with Gasteiger partial charge in [-0.1, -0.05) is 13.0 Å². The summed E-state index contributed by atoms with van der Waals surface area (Å²) in [4.78, 5) is 11.1. The van der Waals surface area contributed by atoms with Gasteiger partial charge < -0.3 is 5.11 Å². The van der Waals surface area contributed by atoms with Crippen LogP contribution in [0.2, 0.25) is 0 Å². The highest BCUT2D eigenvalue weighted by molar-refractivity contribution is 5.88. The Labute approximate surface area is 106 Å². The zero-order valence-electron chi connectivity index (χ0n) is 10.8. The topological polar surface area (TPSA) is 55.1 Å². The molecule has 4 heteroatoms. The van der Waals surface area contributed by atoms with E-state index in [-0.39, 0.29) is 5.56 Å². The number of rotatable bonds is 3. The number of benzene rings is 1. The third-order valence-corrected chi connectivity index (χ3v) is 3.17.